The van der Waals surface area contributed by atoms with Crippen molar-refractivity contribution < 1.29 is 19.4 Å². The first kappa shape index (κ1) is 30.2. The number of hydrogen-bond donors (Lipinski definition) is 2. The molecule has 0 spiro atoms. The summed E-state index contributed by atoms with van der Waals surface area (Å²) in [5, 5.41) is 11.4. The quantitative estimate of drug-likeness (QED) is 0.173. The molecule has 0 atom stereocenters. The van der Waals surface area contributed by atoms with E-state index < -0.39 is 5.97 Å². The number of aryl methyl sites for hydroxylation is 1. The third-order valence-electron chi connectivity index (χ3n) is 7.74. The molecule has 4 aromatic carbocycles. The molecule has 1 aliphatic rings. The summed E-state index contributed by atoms with van der Waals surface area (Å²) in [6, 6.07) is 27.7. The number of carboxylic acids is 1. The summed E-state index contributed by atoms with van der Waals surface area (Å²) < 4.78 is 6.06. The fourth-order valence-electron chi connectivity index (χ4n) is 5.65. The fourth-order valence-corrected chi connectivity index (χ4v) is 6.15. The number of aromatic carboxylic acids is 1. The van der Waals surface area contributed by atoms with Gasteiger partial charge >= 0.3 is 5.97 Å². The van der Waals surface area contributed by atoms with Crippen LogP contribution in [-0.4, -0.2) is 37.2 Å². The van der Waals surface area contributed by atoms with Crippen molar-refractivity contribution in [3.8, 4) is 5.75 Å². The standard InChI is InChI=1S/C35H36BrN3O4/c1-24-10-9-13-31(38-18-7-4-8-19-38)33(24)39(32(40)22-27-21-28(36)23-30(35(41)42)34(27)43-2)37-29-16-14-26(15-17-29)20-25-11-5-3-6-12-25/h3,5-6,9-17,21,23,37H,4,7-8,18-20,22H2,1-2H3,(H,41,42). The zero-order valence-electron chi connectivity index (χ0n) is 24.5. The highest BCUT2D eigenvalue weighted by Crippen LogP contribution is 2.36. The number of benzene rings is 4. The van der Waals surface area contributed by atoms with Gasteiger partial charge in [-0.25, -0.2) is 9.80 Å². The monoisotopic (exact) mass is 641 g/mol. The van der Waals surface area contributed by atoms with Crippen LogP contribution < -0.4 is 20.1 Å². The summed E-state index contributed by atoms with van der Waals surface area (Å²) in [5.41, 5.74) is 9.79. The molecule has 0 aromatic heterocycles. The number of ether oxygens (including phenoxy) is 1. The number of nitrogens with zero attached hydrogens (tertiary/aromatic N) is 2. The normalized spacial score (nSPS) is 13.0. The summed E-state index contributed by atoms with van der Waals surface area (Å²) in [4.78, 5) is 28.6. The van der Waals surface area contributed by atoms with Gasteiger partial charge in [-0.05, 0) is 79.6 Å². The lowest BCUT2D eigenvalue weighted by Gasteiger charge is -2.35. The maximum atomic E-state index is 14.3. The number of nitrogens with one attached hydrogen (secondary N) is 1. The van der Waals surface area contributed by atoms with Gasteiger partial charge in [-0.3, -0.25) is 10.2 Å². The van der Waals surface area contributed by atoms with E-state index in [1.54, 1.807) is 11.1 Å². The third kappa shape index (κ3) is 7.20. The molecule has 0 unspecified atom stereocenters. The molecule has 1 heterocycles. The molecule has 1 fully saturated rings. The van der Waals surface area contributed by atoms with Crippen LogP contribution in [0, 0.1) is 6.92 Å². The number of amides is 1. The molecule has 4 aromatic rings. The maximum absolute atomic E-state index is 14.3. The van der Waals surface area contributed by atoms with Gasteiger partial charge in [0.2, 0.25) is 5.91 Å². The fraction of sp³-hybridized carbons (Fsp3) is 0.257. The minimum atomic E-state index is -1.12. The molecule has 1 saturated heterocycles. The predicted molar refractivity (Wildman–Crippen MR) is 175 cm³/mol. The van der Waals surface area contributed by atoms with Gasteiger partial charge in [-0.15, -0.1) is 0 Å². The Hall–Kier alpha value is -4.30. The Labute approximate surface area is 261 Å². The first-order valence-corrected chi connectivity index (χ1v) is 15.3. The van der Waals surface area contributed by atoms with Gasteiger partial charge in [0, 0.05) is 23.1 Å². The smallest absolute Gasteiger partial charge is 0.339 e. The predicted octanol–water partition coefficient (Wildman–Crippen LogP) is 7.65. The van der Waals surface area contributed by atoms with E-state index in [1.165, 1.54) is 30.7 Å². The summed E-state index contributed by atoms with van der Waals surface area (Å²) in [5.74, 6) is -1.19. The average Bonchev–Trinajstić information content (AvgIpc) is 3.01. The van der Waals surface area contributed by atoms with E-state index in [2.05, 4.69) is 56.6 Å². The highest BCUT2D eigenvalue weighted by Gasteiger charge is 2.27. The summed E-state index contributed by atoms with van der Waals surface area (Å²) in [6.45, 7) is 3.86. The van der Waals surface area contributed by atoms with Gasteiger partial charge < -0.3 is 14.7 Å². The van der Waals surface area contributed by atoms with Crippen molar-refractivity contribution in [3.63, 3.8) is 0 Å². The van der Waals surface area contributed by atoms with Crippen molar-refractivity contribution in [2.75, 3.05) is 35.5 Å². The van der Waals surface area contributed by atoms with Crippen molar-refractivity contribution in [1.82, 2.24) is 0 Å². The number of piperidine rings is 1. The molecule has 0 saturated carbocycles. The Kier molecular flexibility index (Phi) is 9.67. The zero-order valence-corrected chi connectivity index (χ0v) is 26.1. The number of hydrazine groups is 1. The highest BCUT2D eigenvalue weighted by atomic mass is 79.9. The number of carboxylic acid groups (broad SMARTS) is 1. The molecular weight excluding hydrogens is 606 g/mol. The second-order valence-corrected chi connectivity index (χ2v) is 11.7. The minimum Gasteiger partial charge on any atom is -0.496 e. The van der Waals surface area contributed by atoms with Crippen LogP contribution in [-0.2, 0) is 17.6 Å². The van der Waals surface area contributed by atoms with Gasteiger partial charge in [0.1, 0.15) is 11.3 Å². The number of carbonyl (C=O) groups is 2. The first-order chi connectivity index (χ1) is 20.8. The second-order valence-electron chi connectivity index (χ2n) is 10.8. The number of para-hydroxylation sites is 1. The minimum absolute atomic E-state index is 0.00177. The molecule has 0 aliphatic carbocycles. The molecule has 8 heteroatoms. The Morgan fingerprint density at radius 1 is 0.930 bits per heavy atom. The van der Waals surface area contributed by atoms with E-state index in [1.807, 2.05) is 49.4 Å². The van der Waals surface area contributed by atoms with Crippen molar-refractivity contribution >= 4 is 44.9 Å². The van der Waals surface area contributed by atoms with E-state index >= 15 is 0 Å². The van der Waals surface area contributed by atoms with E-state index in [0.717, 1.165) is 55.0 Å². The number of carbonyl (C=O) groups excluding carboxylic acids is 1. The lowest BCUT2D eigenvalue weighted by molar-refractivity contribution is -0.117. The molecule has 5 rings (SSSR count). The van der Waals surface area contributed by atoms with E-state index in [0.29, 0.717) is 10.0 Å². The lowest BCUT2D eigenvalue weighted by Crippen LogP contribution is -2.40. The number of halogens is 1. The van der Waals surface area contributed by atoms with Gasteiger partial charge in [0.05, 0.1) is 30.6 Å². The molecule has 7 nitrogen and oxygen atoms in total. The Bertz CT molecular complexity index is 1590. The van der Waals surface area contributed by atoms with Crippen LogP contribution in [0.1, 0.15) is 51.9 Å². The van der Waals surface area contributed by atoms with Crippen molar-refractivity contribution in [2.45, 2.75) is 39.0 Å². The van der Waals surface area contributed by atoms with Crippen LogP contribution >= 0.6 is 15.9 Å². The van der Waals surface area contributed by atoms with Crippen LogP contribution in [0.5, 0.6) is 5.75 Å². The number of rotatable bonds is 10. The zero-order chi connectivity index (χ0) is 30.3. The SMILES string of the molecule is COc1c(CC(=O)N(Nc2ccc(Cc3ccccc3)cc2)c2c(C)cccc2N2CCCCC2)cc(Br)cc1C(=O)O. The van der Waals surface area contributed by atoms with Crippen LogP contribution in [0.4, 0.5) is 17.1 Å². The summed E-state index contributed by atoms with van der Waals surface area (Å²) in [6.07, 6.45) is 4.14. The van der Waals surface area contributed by atoms with Gasteiger partial charge in [-0.1, -0.05) is 70.5 Å². The largest absolute Gasteiger partial charge is 0.496 e. The van der Waals surface area contributed by atoms with Gasteiger partial charge in [0.15, 0.2) is 0 Å². The summed E-state index contributed by atoms with van der Waals surface area (Å²) >= 11 is 3.41. The second kappa shape index (κ2) is 13.8. The van der Waals surface area contributed by atoms with Gasteiger partial charge in [0.25, 0.3) is 0 Å². The first-order valence-electron chi connectivity index (χ1n) is 14.5. The third-order valence-corrected chi connectivity index (χ3v) is 8.20. The van der Waals surface area contributed by atoms with Crippen molar-refractivity contribution in [3.05, 3.63) is 117 Å². The number of hydrogen-bond acceptors (Lipinski definition) is 5. The Balaban J connectivity index is 1.52. The summed E-state index contributed by atoms with van der Waals surface area (Å²) in [7, 11) is 1.42. The molecule has 0 bridgehead atoms. The van der Waals surface area contributed by atoms with Crippen LogP contribution in [0.3, 0.4) is 0 Å². The van der Waals surface area contributed by atoms with E-state index in [4.69, 9.17) is 4.74 Å². The molecule has 2 N–H and O–H groups in total. The molecule has 43 heavy (non-hydrogen) atoms. The topological polar surface area (TPSA) is 82.1 Å². The van der Waals surface area contributed by atoms with Gasteiger partial charge in [-0.2, -0.15) is 0 Å². The lowest BCUT2D eigenvalue weighted by atomic mass is 10.0. The molecular formula is C35H36BrN3O4. The Morgan fingerprint density at radius 3 is 2.30 bits per heavy atom. The Morgan fingerprint density at radius 2 is 1.63 bits per heavy atom. The molecule has 1 aliphatic heterocycles. The average molecular weight is 643 g/mol. The van der Waals surface area contributed by atoms with Crippen molar-refractivity contribution in [2.24, 2.45) is 0 Å². The van der Waals surface area contributed by atoms with Crippen molar-refractivity contribution in [1.29, 1.82) is 0 Å². The number of anilines is 3. The highest BCUT2D eigenvalue weighted by molar-refractivity contribution is 9.10. The van der Waals surface area contributed by atoms with E-state index in [-0.39, 0.29) is 23.6 Å². The van der Waals surface area contributed by atoms with Crippen LogP contribution in [0.2, 0.25) is 0 Å². The van der Waals surface area contributed by atoms with Crippen LogP contribution in [0.15, 0.2) is 89.4 Å². The van der Waals surface area contributed by atoms with Crippen LogP contribution in [0.25, 0.3) is 0 Å². The molecule has 1 amide bonds. The number of methoxy groups -OCH3 is 1. The maximum Gasteiger partial charge on any atom is 0.339 e. The molecule has 222 valence electrons. The molecule has 0 radical (unpaired) electrons. The van der Waals surface area contributed by atoms with E-state index in [9.17, 15) is 14.7 Å².